The maximum Gasteiger partial charge on any atom is 0.344 e. The molecule has 6 heteroatoms. The Kier molecular flexibility index (Phi) is 4.55. The van der Waals surface area contributed by atoms with Gasteiger partial charge in [0, 0.05) is 11.1 Å². The van der Waals surface area contributed by atoms with Gasteiger partial charge in [-0.2, -0.15) is 0 Å². The molecule has 0 spiro atoms. The zero-order valence-corrected chi connectivity index (χ0v) is 10.7. The van der Waals surface area contributed by atoms with E-state index in [1.807, 2.05) is 0 Å². The molecule has 0 saturated heterocycles. The highest BCUT2D eigenvalue weighted by molar-refractivity contribution is 6.25. The lowest BCUT2D eigenvalue weighted by Crippen LogP contribution is -2.16. The number of oxime groups is 1. The van der Waals surface area contributed by atoms with Gasteiger partial charge in [0.1, 0.15) is 5.71 Å². The Labute approximate surface area is 110 Å². The number of nitrogens with zero attached hydrogens (tertiary/aromatic N) is 1. The Balaban J connectivity index is 0.00000180. The van der Waals surface area contributed by atoms with Gasteiger partial charge in [-0.3, -0.25) is 4.79 Å². The van der Waals surface area contributed by atoms with E-state index in [1.54, 1.807) is 37.3 Å². The lowest BCUT2D eigenvalue weighted by molar-refractivity contribution is -0.142. The molecular formula is C13H15N2O4+. The number of hydrogen-bond acceptors (Lipinski definition) is 4. The van der Waals surface area contributed by atoms with E-state index in [4.69, 9.17) is 9.94 Å². The number of hydrogen-bond donors (Lipinski definition) is 2. The van der Waals surface area contributed by atoms with Crippen LogP contribution in [0.2, 0.25) is 0 Å². The Morgan fingerprint density at radius 1 is 1.32 bits per heavy atom. The fourth-order valence-electron chi connectivity index (χ4n) is 1.70. The number of carboxylic acid groups (broad SMARTS) is 1. The number of Topliss-reactive ketones (excluding diaryl/α,β-unsaturated/α-hetero) is 1. The molecule has 0 atom stereocenters. The van der Waals surface area contributed by atoms with Crippen LogP contribution in [0.5, 0.6) is 0 Å². The van der Waals surface area contributed by atoms with Gasteiger partial charge >= 0.3 is 5.97 Å². The van der Waals surface area contributed by atoms with Gasteiger partial charge in [-0.25, -0.2) is 4.79 Å². The number of aliphatic carboxylic acids is 1. The first-order chi connectivity index (χ1) is 8.59. The van der Waals surface area contributed by atoms with Gasteiger partial charge in [-0.05, 0) is 18.6 Å². The van der Waals surface area contributed by atoms with Gasteiger partial charge in [-0.15, -0.1) is 0 Å². The van der Waals surface area contributed by atoms with Crippen LogP contribution in [0.4, 0.5) is 0 Å². The van der Waals surface area contributed by atoms with Crippen LogP contribution in [-0.4, -0.2) is 29.2 Å². The summed E-state index contributed by atoms with van der Waals surface area (Å²) in [5.74, 6) is -1.15. The van der Waals surface area contributed by atoms with E-state index in [-0.39, 0.29) is 11.9 Å². The normalized spacial score (nSPS) is 15.3. The lowest BCUT2D eigenvalue weighted by Gasteiger charge is -2.14. The quantitative estimate of drug-likeness (QED) is 0.812. The molecule has 0 aromatic heterocycles. The number of carboxylic acids is 1. The monoisotopic (exact) mass is 263 g/mol. The summed E-state index contributed by atoms with van der Waals surface area (Å²) in [5, 5.41) is 12.2. The maximum atomic E-state index is 11.9. The van der Waals surface area contributed by atoms with Crippen molar-refractivity contribution >= 4 is 17.5 Å². The van der Waals surface area contributed by atoms with Crippen molar-refractivity contribution in [3.05, 3.63) is 47.0 Å². The first kappa shape index (κ1) is 14.6. The first-order valence-corrected chi connectivity index (χ1v) is 5.33. The van der Waals surface area contributed by atoms with Crippen LogP contribution in [0.1, 0.15) is 22.8 Å². The Morgan fingerprint density at radius 3 is 2.58 bits per heavy atom. The molecule has 0 heterocycles. The highest BCUT2D eigenvalue weighted by Gasteiger charge is 2.21. The Bertz CT molecular complexity index is 576. The summed E-state index contributed by atoms with van der Waals surface area (Å²) in [6.07, 6.45) is 1.59. The molecule has 1 aliphatic carbocycles. The molecule has 0 aliphatic heterocycles. The Hall–Kier alpha value is -2.47. The van der Waals surface area contributed by atoms with Gasteiger partial charge in [-0.1, -0.05) is 29.4 Å². The lowest BCUT2D eigenvalue weighted by atomic mass is 9.90. The third-order valence-electron chi connectivity index (χ3n) is 2.51. The van der Waals surface area contributed by atoms with Crippen molar-refractivity contribution < 1.29 is 19.5 Å². The molecule has 0 fully saturated rings. The minimum Gasteiger partial charge on any atom is -0.479 e. The van der Waals surface area contributed by atoms with Crippen LogP contribution in [0.25, 0.3) is 0 Å². The van der Waals surface area contributed by atoms with E-state index in [1.165, 1.54) is 0 Å². The summed E-state index contributed by atoms with van der Waals surface area (Å²) in [6.45, 7) is 1.18. The molecule has 5 N–H and O–H groups in total. The Morgan fingerprint density at radius 2 is 1.95 bits per heavy atom. The number of carbonyl (C=O) groups excluding carboxylic acids is 1. The summed E-state index contributed by atoms with van der Waals surface area (Å²) in [7, 11) is 0. The molecule has 1 aliphatic rings. The molecule has 0 radical (unpaired) electrons. The third-order valence-corrected chi connectivity index (χ3v) is 2.51. The van der Waals surface area contributed by atoms with E-state index in [2.05, 4.69) is 5.16 Å². The molecular weight excluding hydrogens is 248 g/mol. The molecule has 0 amide bonds. The number of benzene rings is 1. The van der Waals surface area contributed by atoms with Gasteiger partial charge in [0.05, 0.1) is 0 Å². The highest BCUT2D eigenvalue weighted by Crippen LogP contribution is 2.21. The van der Waals surface area contributed by atoms with Gasteiger partial charge < -0.3 is 16.1 Å². The van der Waals surface area contributed by atoms with Crippen LogP contribution in [-0.2, 0) is 9.63 Å². The molecule has 2 rings (SSSR count). The smallest absolute Gasteiger partial charge is 0.344 e. The SMILES string of the molecule is CC1=C/C(=N/OCC(=O)O)c2ccccc2C1=O.[NH4+]. The number of allylic oxidation sites excluding steroid dienone is 2. The number of rotatable bonds is 3. The standard InChI is InChI=1S/C13H11NO4.H3N/c1-8-6-11(14-18-7-12(15)16)9-4-2-3-5-10(9)13(8)17;/h2-6H,7H2,1H3,(H,15,16);1H3/p+1/b14-11-;. The summed E-state index contributed by atoms with van der Waals surface area (Å²) in [4.78, 5) is 26.9. The molecule has 1 aromatic carbocycles. The predicted octanol–water partition coefficient (Wildman–Crippen LogP) is 2.01. The van der Waals surface area contributed by atoms with Crippen molar-refractivity contribution in [2.24, 2.45) is 5.16 Å². The van der Waals surface area contributed by atoms with Gasteiger partial charge in [0.15, 0.2) is 5.78 Å². The second-order valence-corrected chi connectivity index (χ2v) is 3.85. The van der Waals surface area contributed by atoms with Crippen molar-refractivity contribution in [2.45, 2.75) is 6.92 Å². The average molecular weight is 263 g/mol. The number of quaternary nitrogens is 1. The zero-order valence-electron chi connectivity index (χ0n) is 10.7. The van der Waals surface area contributed by atoms with Crippen molar-refractivity contribution in [1.29, 1.82) is 0 Å². The van der Waals surface area contributed by atoms with Crippen molar-refractivity contribution in [1.82, 2.24) is 6.15 Å². The van der Waals surface area contributed by atoms with E-state index < -0.39 is 12.6 Å². The van der Waals surface area contributed by atoms with Crippen LogP contribution in [0.3, 0.4) is 0 Å². The molecule has 19 heavy (non-hydrogen) atoms. The molecule has 0 bridgehead atoms. The number of fused-ring (bicyclic) bond motifs is 1. The largest absolute Gasteiger partial charge is 0.479 e. The van der Waals surface area contributed by atoms with Gasteiger partial charge in [0.2, 0.25) is 6.61 Å². The van der Waals surface area contributed by atoms with Gasteiger partial charge in [0.25, 0.3) is 0 Å². The van der Waals surface area contributed by atoms with E-state index in [0.717, 1.165) is 0 Å². The van der Waals surface area contributed by atoms with Crippen molar-refractivity contribution in [3.8, 4) is 0 Å². The van der Waals surface area contributed by atoms with E-state index in [0.29, 0.717) is 22.4 Å². The summed E-state index contributed by atoms with van der Waals surface area (Å²) in [5.41, 5.74) is 2.21. The molecule has 1 aromatic rings. The summed E-state index contributed by atoms with van der Waals surface area (Å²) >= 11 is 0. The number of carbonyl (C=O) groups is 2. The zero-order chi connectivity index (χ0) is 13.1. The molecule has 0 saturated carbocycles. The average Bonchev–Trinajstić information content (AvgIpc) is 2.35. The predicted molar refractivity (Wildman–Crippen MR) is 70.6 cm³/mol. The van der Waals surface area contributed by atoms with E-state index >= 15 is 0 Å². The third kappa shape index (κ3) is 3.05. The fourth-order valence-corrected chi connectivity index (χ4v) is 1.70. The topological polar surface area (TPSA) is 112 Å². The van der Waals surface area contributed by atoms with Crippen molar-refractivity contribution in [3.63, 3.8) is 0 Å². The molecule has 6 nitrogen and oxygen atoms in total. The number of ketones is 1. The summed E-state index contributed by atoms with van der Waals surface area (Å²) in [6, 6.07) is 7.01. The second kappa shape index (κ2) is 5.92. The first-order valence-electron chi connectivity index (χ1n) is 5.33. The van der Waals surface area contributed by atoms with Crippen LogP contribution in [0.15, 0.2) is 41.1 Å². The minimum absolute atomic E-state index is 0. The fraction of sp³-hybridized carbons (Fsp3) is 0.154. The second-order valence-electron chi connectivity index (χ2n) is 3.85. The van der Waals surface area contributed by atoms with Crippen LogP contribution >= 0.6 is 0 Å². The van der Waals surface area contributed by atoms with E-state index in [9.17, 15) is 9.59 Å². The maximum absolute atomic E-state index is 11.9. The minimum atomic E-state index is -1.10. The van der Waals surface area contributed by atoms with Crippen LogP contribution < -0.4 is 6.15 Å². The van der Waals surface area contributed by atoms with Crippen LogP contribution in [0, 0.1) is 0 Å². The van der Waals surface area contributed by atoms with Crippen molar-refractivity contribution in [2.75, 3.05) is 6.61 Å². The molecule has 100 valence electrons. The molecule has 0 unspecified atom stereocenters. The highest BCUT2D eigenvalue weighted by atomic mass is 16.6. The summed E-state index contributed by atoms with van der Waals surface area (Å²) < 4.78 is 0.